The Morgan fingerprint density at radius 2 is 1.49 bits per heavy atom. The Bertz CT molecular complexity index is 965. The van der Waals surface area contributed by atoms with Gasteiger partial charge in [-0.25, -0.2) is 0 Å². The van der Waals surface area contributed by atoms with Gasteiger partial charge in [0, 0.05) is 14.2 Å². The second-order valence-corrected chi connectivity index (χ2v) is 15.8. The highest BCUT2D eigenvalue weighted by molar-refractivity contribution is 5.79. The van der Waals surface area contributed by atoms with Crippen LogP contribution in [0.15, 0.2) is 11.6 Å². The number of rotatable bonds is 3. The number of hydrogen-bond donors (Lipinski definition) is 0. The van der Waals surface area contributed by atoms with Gasteiger partial charge < -0.3 is 14.2 Å². The van der Waals surface area contributed by atoms with Crippen LogP contribution in [0.2, 0.25) is 0 Å². The largest absolute Gasteiger partial charge is 0.468 e. The number of ether oxygens (including phenoxy) is 3. The third kappa shape index (κ3) is 3.42. The molecule has 0 heterocycles. The molecule has 0 aromatic rings. The second kappa shape index (κ2) is 8.56. The molecule has 0 spiro atoms. The molecule has 4 saturated carbocycles. The molecule has 0 aromatic carbocycles. The molecular weight excluding hydrogens is 460 g/mol. The Labute approximate surface area is 226 Å². The van der Waals surface area contributed by atoms with Crippen molar-refractivity contribution in [2.45, 2.75) is 118 Å². The topological polar surface area (TPSA) is 44.8 Å². The van der Waals surface area contributed by atoms with Crippen LogP contribution in [0.3, 0.4) is 0 Å². The fourth-order valence-electron chi connectivity index (χ4n) is 11.6. The monoisotopic (exact) mass is 514 g/mol. The lowest BCUT2D eigenvalue weighted by Crippen LogP contribution is -2.67. The Kier molecular flexibility index (Phi) is 6.41. The summed E-state index contributed by atoms with van der Waals surface area (Å²) in [6, 6.07) is 0. The third-order valence-corrected chi connectivity index (χ3v) is 13.7. The smallest absolute Gasteiger partial charge is 0.315 e. The third-order valence-electron chi connectivity index (χ3n) is 13.7. The summed E-state index contributed by atoms with van der Waals surface area (Å²) in [5.41, 5.74) is 1.88. The van der Waals surface area contributed by atoms with E-state index in [-0.39, 0.29) is 39.7 Å². The molecular formula is C33H54O4. The van der Waals surface area contributed by atoms with Gasteiger partial charge in [-0.3, -0.25) is 4.79 Å². The Morgan fingerprint density at radius 3 is 2.11 bits per heavy atom. The molecule has 37 heavy (non-hydrogen) atoms. The summed E-state index contributed by atoms with van der Waals surface area (Å²) in [5.74, 6) is 1.44. The van der Waals surface area contributed by atoms with Crippen molar-refractivity contribution in [3.63, 3.8) is 0 Å². The minimum absolute atomic E-state index is 0.0163. The van der Waals surface area contributed by atoms with Gasteiger partial charge in [0.2, 0.25) is 0 Å². The van der Waals surface area contributed by atoms with Crippen LogP contribution in [0.5, 0.6) is 0 Å². The van der Waals surface area contributed by atoms with Crippen LogP contribution in [-0.4, -0.2) is 39.5 Å². The van der Waals surface area contributed by atoms with Crippen molar-refractivity contribution in [1.29, 1.82) is 0 Å². The highest BCUT2D eigenvalue weighted by Crippen LogP contribution is 2.76. The van der Waals surface area contributed by atoms with Crippen molar-refractivity contribution in [1.82, 2.24) is 0 Å². The van der Waals surface area contributed by atoms with E-state index in [1.807, 2.05) is 14.2 Å². The standard InChI is InChI=1S/C33H54O4/c1-28(2)17-18-33(27(34)37-10)22(19-28)21-11-12-24-30(5)15-14-25(35-8)29(3,4)23(30)13-16-31(24,6)32(21,7)20-26(33)36-9/h11,22-26H,12-20H2,1-10H3/t22-,23-,24+,25-,26+,30-,31+,32+,33+/m0/s1. The van der Waals surface area contributed by atoms with Crippen LogP contribution in [0, 0.1) is 50.2 Å². The minimum atomic E-state index is -0.562. The molecule has 4 fully saturated rings. The normalized spacial score (nSPS) is 50.0. The van der Waals surface area contributed by atoms with Gasteiger partial charge in [0.05, 0.1) is 19.3 Å². The van der Waals surface area contributed by atoms with Gasteiger partial charge in [0.15, 0.2) is 0 Å². The summed E-state index contributed by atoms with van der Waals surface area (Å²) < 4.78 is 18.0. The number of methoxy groups -OCH3 is 3. The molecule has 210 valence electrons. The number of carbonyl (C=O) groups excluding carboxylic acids is 1. The van der Waals surface area contributed by atoms with Gasteiger partial charge in [-0.1, -0.05) is 60.1 Å². The molecule has 0 N–H and O–H groups in total. The molecule has 4 heteroatoms. The first-order chi connectivity index (χ1) is 17.2. The fourth-order valence-corrected chi connectivity index (χ4v) is 11.6. The lowest BCUT2D eigenvalue weighted by Gasteiger charge is -2.72. The molecule has 0 saturated heterocycles. The Balaban J connectivity index is 1.63. The number of allylic oxidation sites excluding steroid dienone is 2. The Morgan fingerprint density at radius 1 is 0.811 bits per heavy atom. The maximum atomic E-state index is 13.7. The first-order valence-electron chi connectivity index (χ1n) is 15.0. The average Bonchev–Trinajstić information content (AvgIpc) is 2.82. The summed E-state index contributed by atoms with van der Waals surface area (Å²) in [5, 5.41) is 0. The van der Waals surface area contributed by atoms with Crippen molar-refractivity contribution >= 4 is 5.97 Å². The van der Waals surface area contributed by atoms with E-state index >= 15 is 0 Å². The van der Waals surface area contributed by atoms with E-state index < -0.39 is 5.41 Å². The van der Waals surface area contributed by atoms with E-state index in [0.717, 1.165) is 38.5 Å². The molecule has 5 aliphatic carbocycles. The maximum Gasteiger partial charge on any atom is 0.315 e. The van der Waals surface area contributed by atoms with E-state index in [1.54, 1.807) is 12.7 Å². The maximum absolute atomic E-state index is 13.7. The van der Waals surface area contributed by atoms with Crippen LogP contribution in [-0.2, 0) is 19.0 Å². The molecule has 0 unspecified atom stereocenters. The lowest BCUT2D eigenvalue weighted by atomic mass is 9.33. The summed E-state index contributed by atoms with van der Waals surface area (Å²) in [4.78, 5) is 13.7. The van der Waals surface area contributed by atoms with Crippen molar-refractivity contribution in [3.8, 4) is 0 Å². The Hall–Kier alpha value is -0.870. The summed E-state index contributed by atoms with van der Waals surface area (Å²) >= 11 is 0. The molecule has 5 aliphatic rings. The fraction of sp³-hybridized carbons (Fsp3) is 0.909. The lowest BCUT2D eigenvalue weighted by molar-refractivity contribution is -0.224. The molecule has 0 radical (unpaired) electrons. The molecule has 0 aromatic heterocycles. The van der Waals surface area contributed by atoms with E-state index in [1.165, 1.54) is 19.3 Å². The molecule has 4 nitrogen and oxygen atoms in total. The van der Waals surface area contributed by atoms with Crippen LogP contribution in [0.1, 0.15) is 106 Å². The predicted octanol–water partition coefficient (Wildman–Crippen LogP) is 7.60. The molecule has 9 atom stereocenters. The zero-order valence-corrected chi connectivity index (χ0v) is 25.5. The van der Waals surface area contributed by atoms with Crippen LogP contribution < -0.4 is 0 Å². The van der Waals surface area contributed by atoms with Gasteiger partial charge in [0.1, 0.15) is 5.41 Å². The van der Waals surface area contributed by atoms with E-state index in [2.05, 4.69) is 54.5 Å². The highest BCUT2D eigenvalue weighted by atomic mass is 16.5. The number of fused-ring (bicyclic) bond motifs is 7. The number of carbonyl (C=O) groups is 1. The van der Waals surface area contributed by atoms with Crippen molar-refractivity contribution in [3.05, 3.63) is 11.6 Å². The van der Waals surface area contributed by atoms with Gasteiger partial charge in [-0.2, -0.15) is 0 Å². The first-order valence-corrected chi connectivity index (χ1v) is 15.0. The quantitative estimate of drug-likeness (QED) is 0.287. The predicted molar refractivity (Wildman–Crippen MR) is 148 cm³/mol. The van der Waals surface area contributed by atoms with E-state index in [9.17, 15) is 4.79 Å². The van der Waals surface area contributed by atoms with Crippen molar-refractivity contribution < 1.29 is 19.0 Å². The van der Waals surface area contributed by atoms with Gasteiger partial charge in [0.25, 0.3) is 0 Å². The van der Waals surface area contributed by atoms with E-state index in [4.69, 9.17) is 14.2 Å². The van der Waals surface area contributed by atoms with Crippen molar-refractivity contribution in [2.24, 2.45) is 50.2 Å². The summed E-state index contributed by atoms with van der Waals surface area (Å²) in [6.07, 6.45) is 12.7. The van der Waals surface area contributed by atoms with Crippen LogP contribution >= 0.6 is 0 Å². The molecule has 5 rings (SSSR count). The van der Waals surface area contributed by atoms with Crippen LogP contribution in [0.25, 0.3) is 0 Å². The van der Waals surface area contributed by atoms with Crippen LogP contribution in [0.4, 0.5) is 0 Å². The summed E-state index contributed by atoms with van der Waals surface area (Å²) in [7, 11) is 5.31. The molecule has 0 bridgehead atoms. The van der Waals surface area contributed by atoms with Gasteiger partial charge in [-0.05, 0) is 103 Å². The number of hydrogen-bond acceptors (Lipinski definition) is 4. The van der Waals surface area contributed by atoms with E-state index in [0.29, 0.717) is 23.4 Å². The molecule has 0 amide bonds. The average molecular weight is 515 g/mol. The zero-order valence-electron chi connectivity index (χ0n) is 25.5. The first kappa shape index (κ1) is 27.7. The van der Waals surface area contributed by atoms with Gasteiger partial charge >= 0.3 is 5.97 Å². The summed E-state index contributed by atoms with van der Waals surface area (Å²) in [6.45, 7) is 17.5. The SMILES string of the molecule is COC(=O)[C@]12CCC(C)(C)C[C@H]1C1=CC[C@@H]3[C@@]4(C)CC[C@H](OC)C(C)(C)[C@@H]4CC[C@@]3(C)[C@]1(C)C[C@H]2OC. The second-order valence-electron chi connectivity index (χ2n) is 15.8. The van der Waals surface area contributed by atoms with Gasteiger partial charge in [-0.15, -0.1) is 0 Å². The molecule has 0 aliphatic heterocycles. The number of esters is 1. The minimum Gasteiger partial charge on any atom is -0.468 e. The zero-order chi connectivity index (χ0) is 27.2. The van der Waals surface area contributed by atoms with Crippen molar-refractivity contribution in [2.75, 3.05) is 21.3 Å². The highest BCUT2D eigenvalue weighted by Gasteiger charge is 2.71.